The summed E-state index contributed by atoms with van der Waals surface area (Å²) in [6.07, 6.45) is 1.20. The number of anilines is 1. The smallest absolute Gasteiger partial charge is 0.253 e. The number of carbonyl (C=O) groups is 2. The molecule has 0 spiro atoms. The molecule has 1 heterocycles. The van der Waals surface area contributed by atoms with Crippen LogP contribution in [-0.2, 0) is 16.0 Å². The van der Waals surface area contributed by atoms with E-state index in [0.29, 0.717) is 25.1 Å². The number of rotatable bonds is 5. The maximum Gasteiger partial charge on any atom is 0.253 e. The molecule has 19 heavy (non-hydrogen) atoms. The van der Waals surface area contributed by atoms with E-state index in [9.17, 15) is 9.59 Å². The van der Waals surface area contributed by atoms with Crippen LogP contribution in [0.3, 0.4) is 0 Å². The second kappa shape index (κ2) is 5.84. The molecule has 0 fully saturated rings. The third-order valence-corrected chi connectivity index (χ3v) is 3.17. The molecule has 0 aliphatic carbocycles. The summed E-state index contributed by atoms with van der Waals surface area (Å²) in [6.45, 7) is 1.29. The van der Waals surface area contributed by atoms with Gasteiger partial charge in [-0.1, -0.05) is 6.07 Å². The second-order valence-corrected chi connectivity index (χ2v) is 4.67. The quantitative estimate of drug-likeness (QED) is 0.813. The number of methoxy groups -OCH3 is 1. The fourth-order valence-corrected chi connectivity index (χ4v) is 2.12. The van der Waals surface area contributed by atoms with Crippen molar-refractivity contribution in [2.24, 2.45) is 0 Å². The molecule has 1 aromatic carbocycles. The van der Waals surface area contributed by atoms with E-state index in [1.165, 1.54) is 0 Å². The zero-order chi connectivity index (χ0) is 13.8. The SMILES string of the molecule is COCCCN(C)C(=O)c1ccc2c(c1)NC(=O)C2. The van der Waals surface area contributed by atoms with E-state index in [-0.39, 0.29) is 11.8 Å². The Kier molecular flexibility index (Phi) is 4.16. The van der Waals surface area contributed by atoms with Gasteiger partial charge in [0.1, 0.15) is 0 Å². The summed E-state index contributed by atoms with van der Waals surface area (Å²) in [7, 11) is 3.41. The lowest BCUT2D eigenvalue weighted by atomic mass is 10.1. The van der Waals surface area contributed by atoms with Crippen molar-refractivity contribution in [1.29, 1.82) is 0 Å². The maximum atomic E-state index is 12.2. The third kappa shape index (κ3) is 3.12. The first-order chi connectivity index (χ1) is 9.11. The lowest BCUT2D eigenvalue weighted by Gasteiger charge is -2.17. The Morgan fingerprint density at radius 1 is 1.47 bits per heavy atom. The molecule has 0 atom stereocenters. The average molecular weight is 262 g/mol. The van der Waals surface area contributed by atoms with Gasteiger partial charge < -0.3 is 15.0 Å². The topological polar surface area (TPSA) is 58.6 Å². The van der Waals surface area contributed by atoms with Crippen LogP contribution in [-0.4, -0.2) is 44.0 Å². The first kappa shape index (κ1) is 13.5. The first-order valence-electron chi connectivity index (χ1n) is 6.29. The van der Waals surface area contributed by atoms with Crippen LogP contribution in [0.25, 0.3) is 0 Å². The highest BCUT2D eigenvalue weighted by atomic mass is 16.5. The highest BCUT2D eigenvalue weighted by molar-refractivity contribution is 6.02. The zero-order valence-electron chi connectivity index (χ0n) is 11.2. The Bertz CT molecular complexity index is 499. The second-order valence-electron chi connectivity index (χ2n) is 4.67. The van der Waals surface area contributed by atoms with Crippen molar-refractivity contribution in [3.63, 3.8) is 0 Å². The van der Waals surface area contributed by atoms with E-state index in [1.54, 1.807) is 31.2 Å². The van der Waals surface area contributed by atoms with Gasteiger partial charge >= 0.3 is 0 Å². The molecule has 5 nitrogen and oxygen atoms in total. The van der Waals surface area contributed by atoms with E-state index in [2.05, 4.69) is 5.32 Å². The van der Waals surface area contributed by atoms with Crippen molar-refractivity contribution < 1.29 is 14.3 Å². The first-order valence-corrected chi connectivity index (χ1v) is 6.29. The molecule has 1 aliphatic heterocycles. The van der Waals surface area contributed by atoms with Crippen molar-refractivity contribution in [2.75, 3.05) is 32.6 Å². The number of hydrogen-bond acceptors (Lipinski definition) is 3. The lowest BCUT2D eigenvalue weighted by Crippen LogP contribution is -2.28. The van der Waals surface area contributed by atoms with Crippen LogP contribution in [0, 0.1) is 0 Å². The minimum absolute atomic E-state index is 0.0203. The van der Waals surface area contributed by atoms with Crippen LogP contribution in [0.15, 0.2) is 18.2 Å². The van der Waals surface area contributed by atoms with Crippen molar-refractivity contribution in [3.05, 3.63) is 29.3 Å². The summed E-state index contributed by atoms with van der Waals surface area (Å²) >= 11 is 0. The van der Waals surface area contributed by atoms with Crippen LogP contribution in [0.1, 0.15) is 22.3 Å². The summed E-state index contributed by atoms with van der Waals surface area (Å²) in [4.78, 5) is 25.1. The molecule has 0 unspecified atom stereocenters. The number of nitrogens with one attached hydrogen (secondary N) is 1. The summed E-state index contributed by atoms with van der Waals surface area (Å²) in [5, 5.41) is 2.75. The van der Waals surface area contributed by atoms with Gasteiger partial charge in [0.25, 0.3) is 5.91 Å². The van der Waals surface area contributed by atoms with Crippen molar-refractivity contribution in [3.8, 4) is 0 Å². The predicted octanol–water partition coefficient (Wildman–Crippen LogP) is 1.29. The Morgan fingerprint density at radius 2 is 2.26 bits per heavy atom. The Balaban J connectivity index is 2.04. The summed E-state index contributed by atoms with van der Waals surface area (Å²) in [5.41, 5.74) is 2.30. The molecule has 0 saturated heterocycles. The monoisotopic (exact) mass is 262 g/mol. The number of carbonyl (C=O) groups excluding carboxylic acids is 2. The number of hydrogen-bond donors (Lipinski definition) is 1. The van der Waals surface area contributed by atoms with Crippen molar-refractivity contribution in [2.45, 2.75) is 12.8 Å². The van der Waals surface area contributed by atoms with Crippen LogP contribution >= 0.6 is 0 Å². The summed E-state index contributed by atoms with van der Waals surface area (Å²) in [5.74, 6) is -0.0619. The van der Waals surface area contributed by atoms with E-state index in [0.717, 1.165) is 17.7 Å². The number of fused-ring (bicyclic) bond motifs is 1. The maximum absolute atomic E-state index is 12.2. The average Bonchev–Trinajstić information content (AvgIpc) is 2.77. The van der Waals surface area contributed by atoms with Crippen LogP contribution < -0.4 is 5.32 Å². The molecule has 2 amide bonds. The van der Waals surface area contributed by atoms with E-state index < -0.39 is 0 Å². The van der Waals surface area contributed by atoms with E-state index in [1.807, 2.05) is 6.07 Å². The van der Waals surface area contributed by atoms with Gasteiger partial charge in [0.05, 0.1) is 6.42 Å². The molecular weight excluding hydrogens is 244 g/mol. The molecule has 2 rings (SSSR count). The van der Waals surface area contributed by atoms with Gasteiger partial charge in [-0.2, -0.15) is 0 Å². The largest absolute Gasteiger partial charge is 0.385 e. The predicted molar refractivity (Wildman–Crippen MR) is 72.2 cm³/mol. The van der Waals surface area contributed by atoms with E-state index >= 15 is 0 Å². The molecule has 1 N–H and O–H groups in total. The van der Waals surface area contributed by atoms with Gasteiger partial charge in [0, 0.05) is 38.6 Å². The summed E-state index contributed by atoms with van der Waals surface area (Å²) < 4.78 is 4.96. The molecule has 1 aromatic rings. The number of benzene rings is 1. The van der Waals surface area contributed by atoms with Crippen molar-refractivity contribution in [1.82, 2.24) is 4.90 Å². The Hall–Kier alpha value is -1.88. The Labute approximate surface area is 112 Å². The van der Waals surface area contributed by atoms with Crippen LogP contribution in [0.2, 0.25) is 0 Å². The molecule has 0 bridgehead atoms. The molecule has 5 heteroatoms. The minimum Gasteiger partial charge on any atom is -0.385 e. The van der Waals surface area contributed by atoms with Gasteiger partial charge in [-0.05, 0) is 24.1 Å². The molecule has 1 aliphatic rings. The van der Waals surface area contributed by atoms with E-state index in [4.69, 9.17) is 4.74 Å². The number of nitrogens with zero attached hydrogens (tertiary/aromatic N) is 1. The van der Waals surface area contributed by atoms with Gasteiger partial charge in [0.2, 0.25) is 5.91 Å². The van der Waals surface area contributed by atoms with Crippen LogP contribution in [0.5, 0.6) is 0 Å². The molecule has 0 saturated carbocycles. The van der Waals surface area contributed by atoms with Gasteiger partial charge in [0.15, 0.2) is 0 Å². The van der Waals surface area contributed by atoms with Gasteiger partial charge in [-0.25, -0.2) is 0 Å². The number of amides is 2. The normalized spacial score (nSPS) is 13.1. The fraction of sp³-hybridized carbons (Fsp3) is 0.429. The Morgan fingerprint density at radius 3 is 3.00 bits per heavy atom. The highest BCUT2D eigenvalue weighted by Crippen LogP contribution is 2.24. The molecule has 102 valence electrons. The minimum atomic E-state index is -0.0416. The van der Waals surface area contributed by atoms with Crippen molar-refractivity contribution >= 4 is 17.5 Å². The summed E-state index contributed by atoms with van der Waals surface area (Å²) in [6, 6.07) is 5.35. The zero-order valence-corrected chi connectivity index (χ0v) is 11.2. The molecule has 0 aromatic heterocycles. The van der Waals surface area contributed by atoms with Gasteiger partial charge in [-0.15, -0.1) is 0 Å². The fourth-order valence-electron chi connectivity index (χ4n) is 2.12. The van der Waals surface area contributed by atoms with Crippen LogP contribution in [0.4, 0.5) is 5.69 Å². The molecule has 0 radical (unpaired) electrons. The van der Waals surface area contributed by atoms with Gasteiger partial charge in [-0.3, -0.25) is 9.59 Å². The third-order valence-electron chi connectivity index (χ3n) is 3.17. The molecular formula is C14H18N2O3. The standard InChI is InChI=1S/C14H18N2O3/c1-16(6-3-7-19-2)14(18)11-5-4-10-9-13(17)15-12(10)8-11/h4-5,8H,3,6-7,9H2,1-2H3,(H,15,17). The number of ether oxygens (including phenoxy) is 1. The lowest BCUT2D eigenvalue weighted by molar-refractivity contribution is -0.115. The highest BCUT2D eigenvalue weighted by Gasteiger charge is 2.20.